The largest absolute Gasteiger partial charge is 0.488 e. The van der Waals surface area contributed by atoms with Crippen molar-refractivity contribution < 1.29 is 10.0 Å². The molecule has 17 nitrogen and oxygen atoms in total. The van der Waals surface area contributed by atoms with E-state index in [4.69, 9.17) is 51.0 Å². The number of nitrogen functional groups attached to an aromatic ring is 4. The molecule has 0 bridgehead atoms. The lowest BCUT2D eigenvalue weighted by molar-refractivity contribution is 0.426. The lowest BCUT2D eigenvalue weighted by atomic mass is 9.81. The molecule has 0 spiro atoms. The van der Waals surface area contributed by atoms with Gasteiger partial charge in [-0.2, -0.15) is 0 Å². The summed E-state index contributed by atoms with van der Waals surface area (Å²) in [6, 6.07) is 35.6. The van der Waals surface area contributed by atoms with E-state index in [9.17, 15) is 0 Å². The van der Waals surface area contributed by atoms with E-state index in [1.807, 2.05) is 82.0 Å². The third-order valence-corrected chi connectivity index (χ3v) is 12.0. The van der Waals surface area contributed by atoms with Gasteiger partial charge in [0, 0.05) is 89.6 Å². The molecule has 0 aliphatic rings. The number of fused-ring (bicyclic) bond motifs is 2. The molecule has 0 fully saturated rings. The van der Waals surface area contributed by atoms with Crippen molar-refractivity contribution in [3.05, 3.63) is 225 Å². The van der Waals surface area contributed by atoms with Crippen molar-refractivity contribution in [3.8, 4) is 11.1 Å². The molecule has 386 valence electrons. The Morgan fingerprint density at radius 1 is 0.533 bits per heavy atom. The maximum atomic E-state index is 8.58. The number of aryl methyl sites for hydroxylation is 3. The van der Waals surface area contributed by atoms with Crippen molar-refractivity contribution >= 4 is 84.7 Å². The topological polar surface area (TPSA) is 287 Å². The van der Waals surface area contributed by atoms with Gasteiger partial charge in [0.1, 0.15) is 34.6 Å². The second kappa shape index (κ2) is 32.2. The van der Waals surface area contributed by atoms with Crippen LogP contribution >= 0.6 is 31.9 Å². The summed E-state index contributed by atoms with van der Waals surface area (Å²) >= 11 is 6.89. The Kier molecular flexibility index (Phi) is 25.6. The molecule has 0 radical (unpaired) electrons. The molecule has 0 saturated heterocycles. The maximum absolute atomic E-state index is 8.58. The number of pyridine rings is 6. The zero-order valence-corrected chi connectivity index (χ0v) is 45.2. The van der Waals surface area contributed by atoms with Crippen LogP contribution in [-0.2, 0) is 32.4 Å². The number of nitrogens with zero attached hydrogens (tertiary/aromatic N) is 9. The first-order valence-electron chi connectivity index (χ1n) is 23.5. The average Bonchev–Trinajstić information content (AvgIpc) is 4.11. The predicted molar refractivity (Wildman–Crippen MR) is 312 cm³/mol. The zero-order valence-electron chi connectivity index (χ0n) is 42.0. The summed E-state index contributed by atoms with van der Waals surface area (Å²) in [4.78, 5) is 27.0. The van der Waals surface area contributed by atoms with Gasteiger partial charge in [0.2, 0.25) is 0 Å². The third kappa shape index (κ3) is 20.4. The summed E-state index contributed by atoms with van der Waals surface area (Å²) in [5.41, 5.74) is 43.9. The maximum Gasteiger partial charge on any atom is 0.488 e. The van der Waals surface area contributed by atoms with Gasteiger partial charge < -0.3 is 53.3 Å². The van der Waals surface area contributed by atoms with Gasteiger partial charge in [-0.15, -0.1) is 0 Å². The van der Waals surface area contributed by atoms with Crippen LogP contribution in [0.2, 0.25) is 0 Å². The molecule has 14 N–H and O–H groups in total. The standard InChI is InChI=1S/C14H13N3.C9H9BrN2.C7H9BrN2.C7H10N2.C6H7BO2.C6H5N3.C6H9N3/c15-9-12-8-14-16-6-7-17(14)10-13(12)11-4-2-1-3-5-11;1-2-7-5-9-11-3-4-12(9)6-8(7)10;1-2-5-3-7(9)10-4-6(5)8;1-2-6-3-4-9-7(8)5-6;8-7(9)6-4-2-1-3-5-6;1-8-5-2-3-9-6(7)4-5;7-4-5-1-2-9-6(8)3-5/h1-8,10H,9,15H2;3-6H,2H2,1H3;3-4H,2H2,1H3,(H2,9,10);3-5H,2H2,1H3,(H2,8,9);1-5,8-9H;2-4H,(H2,7,9);1-3H,4,7H2,(H2,8,9). The van der Waals surface area contributed by atoms with Crippen molar-refractivity contribution in [2.24, 2.45) is 11.5 Å². The number of aromatic nitrogens is 8. The molecule has 2 aromatic carbocycles. The lowest BCUT2D eigenvalue weighted by Crippen LogP contribution is -2.29. The van der Waals surface area contributed by atoms with Crippen molar-refractivity contribution in [1.82, 2.24) is 38.7 Å². The molecule has 0 unspecified atom stereocenters. The third-order valence-electron chi connectivity index (χ3n) is 10.5. The fraction of sp³-hybridized carbons (Fsp3) is 0.145. The Bertz CT molecular complexity index is 3260. The van der Waals surface area contributed by atoms with Crippen LogP contribution in [0, 0.1) is 6.57 Å². The number of hydrogen-bond donors (Lipinski definition) is 8. The summed E-state index contributed by atoms with van der Waals surface area (Å²) in [6.45, 7) is 13.9. The molecule has 20 heteroatoms. The summed E-state index contributed by atoms with van der Waals surface area (Å²) < 4.78 is 6.20. The Morgan fingerprint density at radius 2 is 1.04 bits per heavy atom. The van der Waals surface area contributed by atoms with Crippen LogP contribution in [0.1, 0.15) is 48.6 Å². The minimum absolute atomic E-state index is 0.392. The van der Waals surface area contributed by atoms with Crippen molar-refractivity contribution in [2.75, 3.05) is 22.9 Å². The first-order valence-corrected chi connectivity index (χ1v) is 25.1. The summed E-state index contributed by atoms with van der Waals surface area (Å²) in [6.07, 6.45) is 21.3. The second-order valence-corrected chi connectivity index (χ2v) is 17.5. The van der Waals surface area contributed by atoms with E-state index < -0.39 is 7.12 Å². The molecule has 0 amide bonds. The summed E-state index contributed by atoms with van der Waals surface area (Å²) in [5.74, 6) is 2.11. The number of anilines is 4. The number of rotatable bonds is 7. The number of imidazole rings is 2. The number of halogens is 2. The smallest absolute Gasteiger partial charge is 0.423 e. The molecule has 8 aromatic heterocycles. The molecular formula is C55H62BBr2N15O2. The van der Waals surface area contributed by atoms with E-state index in [1.54, 1.807) is 67.4 Å². The monoisotopic (exact) mass is 1130 g/mol. The van der Waals surface area contributed by atoms with Crippen LogP contribution in [0.5, 0.6) is 0 Å². The Hall–Kier alpha value is -8.03. The highest BCUT2D eigenvalue weighted by Gasteiger charge is 2.08. The SMILES string of the molecule is CCc1cc(N)ncc1Br.CCc1cc2nccn2cc1Br.CCc1ccnc(N)c1.NCc1cc2nccn2cc1-c1ccccc1.NCc1ccnc(N)c1.OB(O)c1ccccc1.[C-]#[N+]c1ccnc(N)c1. The van der Waals surface area contributed by atoms with E-state index >= 15 is 0 Å². The van der Waals surface area contributed by atoms with Crippen LogP contribution < -0.4 is 39.9 Å². The molecule has 8 heterocycles. The molecule has 0 saturated carbocycles. The highest BCUT2D eigenvalue weighted by molar-refractivity contribution is 9.10. The molecule has 0 atom stereocenters. The van der Waals surface area contributed by atoms with Crippen LogP contribution in [0.15, 0.2) is 186 Å². The van der Waals surface area contributed by atoms with Crippen LogP contribution in [0.3, 0.4) is 0 Å². The first kappa shape index (κ1) is 59.5. The minimum atomic E-state index is -1.34. The number of hydrogen-bond acceptors (Lipinski definition) is 14. The first-order chi connectivity index (χ1) is 36.2. The van der Waals surface area contributed by atoms with Gasteiger partial charge in [0.05, 0.1) is 6.57 Å². The lowest BCUT2D eigenvalue weighted by Gasteiger charge is -2.09. The quantitative estimate of drug-likeness (QED) is 0.0546. The van der Waals surface area contributed by atoms with Crippen molar-refractivity contribution in [1.29, 1.82) is 0 Å². The van der Waals surface area contributed by atoms with Gasteiger partial charge in [-0.3, -0.25) is 0 Å². The van der Waals surface area contributed by atoms with Crippen LogP contribution in [0.25, 0.3) is 27.3 Å². The molecule has 75 heavy (non-hydrogen) atoms. The Labute approximate surface area is 455 Å². The number of benzene rings is 2. The summed E-state index contributed by atoms with van der Waals surface area (Å²) in [5, 5.41) is 17.2. The predicted octanol–water partition coefficient (Wildman–Crippen LogP) is 9.04. The second-order valence-electron chi connectivity index (χ2n) is 15.8. The van der Waals surface area contributed by atoms with Gasteiger partial charge in [-0.05, 0) is 145 Å². The molecular weight excluding hydrogens is 1070 g/mol. The average molecular weight is 1140 g/mol. The molecule has 10 aromatic rings. The highest BCUT2D eigenvalue weighted by atomic mass is 79.9. The molecule has 0 aliphatic carbocycles. The van der Waals surface area contributed by atoms with Crippen LogP contribution in [0.4, 0.5) is 29.0 Å². The van der Waals surface area contributed by atoms with Gasteiger partial charge in [0.25, 0.3) is 0 Å². The highest BCUT2D eigenvalue weighted by Crippen LogP contribution is 2.25. The van der Waals surface area contributed by atoms with E-state index in [0.717, 1.165) is 50.6 Å². The van der Waals surface area contributed by atoms with Crippen molar-refractivity contribution in [2.45, 2.75) is 53.1 Å². The van der Waals surface area contributed by atoms with E-state index in [1.165, 1.54) is 40.1 Å². The van der Waals surface area contributed by atoms with Crippen molar-refractivity contribution in [3.63, 3.8) is 0 Å². The fourth-order valence-corrected chi connectivity index (χ4v) is 7.64. The Balaban J connectivity index is 0.000000192. The molecule has 0 aliphatic heterocycles. The minimum Gasteiger partial charge on any atom is -0.423 e. The fourth-order valence-electron chi connectivity index (χ4n) is 6.53. The summed E-state index contributed by atoms with van der Waals surface area (Å²) in [7, 11) is -1.34. The van der Waals surface area contributed by atoms with Gasteiger partial charge in [-0.25, -0.2) is 34.7 Å². The van der Waals surface area contributed by atoms with Gasteiger partial charge in [-0.1, -0.05) is 81.4 Å². The number of nitrogens with two attached hydrogens (primary N) is 6. The van der Waals surface area contributed by atoms with Gasteiger partial charge in [0.15, 0.2) is 5.69 Å². The van der Waals surface area contributed by atoms with E-state index in [0.29, 0.717) is 47.5 Å². The van der Waals surface area contributed by atoms with Crippen LogP contribution in [-0.4, -0.2) is 55.9 Å². The Morgan fingerprint density at radius 3 is 1.49 bits per heavy atom. The molecule has 10 rings (SSSR count). The van der Waals surface area contributed by atoms with Gasteiger partial charge >= 0.3 is 7.12 Å². The normalized spacial score (nSPS) is 9.87. The zero-order chi connectivity index (χ0) is 54.5. The van der Waals surface area contributed by atoms with E-state index in [-0.39, 0.29) is 0 Å². The van der Waals surface area contributed by atoms with E-state index in [2.05, 4.69) is 112 Å².